The Morgan fingerprint density at radius 3 is 2.29 bits per heavy atom. The van der Waals surface area contributed by atoms with Gasteiger partial charge in [0.05, 0.1) is 11.9 Å². The molecule has 0 aromatic heterocycles. The summed E-state index contributed by atoms with van der Waals surface area (Å²) in [6.07, 6.45) is 3.26. The Bertz CT molecular complexity index is 1110. The summed E-state index contributed by atoms with van der Waals surface area (Å²) in [7, 11) is -3.58. The van der Waals surface area contributed by atoms with Crippen LogP contribution >= 0.6 is 23.2 Å². The third-order valence-electron chi connectivity index (χ3n) is 5.49. The number of anilines is 1. The van der Waals surface area contributed by atoms with Gasteiger partial charge in [-0.1, -0.05) is 54.7 Å². The lowest BCUT2D eigenvalue weighted by molar-refractivity contribution is -0.140. The molecule has 2 aromatic carbocycles. The Kier molecular flexibility index (Phi) is 11.3. The molecule has 0 aliphatic heterocycles. The Balaban J connectivity index is 2.14. The first kappa shape index (κ1) is 28.9. The predicted molar refractivity (Wildman–Crippen MR) is 142 cm³/mol. The first-order valence-corrected chi connectivity index (χ1v) is 14.2. The van der Waals surface area contributed by atoms with Crippen LogP contribution in [-0.2, 0) is 26.2 Å². The summed E-state index contributed by atoms with van der Waals surface area (Å²) < 4.78 is 26.0. The highest BCUT2D eigenvalue weighted by Gasteiger charge is 2.26. The van der Waals surface area contributed by atoms with E-state index in [9.17, 15) is 18.0 Å². The van der Waals surface area contributed by atoms with E-state index in [1.807, 2.05) is 13.0 Å². The molecule has 0 heterocycles. The van der Waals surface area contributed by atoms with E-state index in [0.29, 0.717) is 22.3 Å². The molecule has 1 N–H and O–H groups in total. The van der Waals surface area contributed by atoms with Crippen molar-refractivity contribution in [3.8, 4) is 0 Å². The molecule has 7 nitrogen and oxygen atoms in total. The summed E-state index contributed by atoms with van der Waals surface area (Å²) >= 11 is 12.1. The molecule has 10 heteroatoms. The van der Waals surface area contributed by atoms with Gasteiger partial charge in [-0.25, -0.2) is 8.42 Å². The lowest BCUT2D eigenvalue weighted by Gasteiger charge is -2.29. The van der Waals surface area contributed by atoms with Crippen molar-refractivity contribution < 1.29 is 18.0 Å². The molecular formula is C25H33Cl2N3O4S. The van der Waals surface area contributed by atoms with E-state index in [1.165, 1.54) is 9.21 Å². The van der Waals surface area contributed by atoms with Gasteiger partial charge in [-0.2, -0.15) is 0 Å². The summed E-state index contributed by atoms with van der Waals surface area (Å²) in [6, 6.07) is 13.0. The summed E-state index contributed by atoms with van der Waals surface area (Å²) in [5.74, 6) is -0.479. The fourth-order valence-electron chi connectivity index (χ4n) is 3.59. The molecule has 0 spiro atoms. The van der Waals surface area contributed by atoms with E-state index < -0.39 is 16.1 Å². The molecule has 0 saturated heterocycles. The van der Waals surface area contributed by atoms with E-state index in [0.717, 1.165) is 24.7 Å². The molecule has 1 atom stereocenters. The van der Waals surface area contributed by atoms with Crippen LogP contribution in [0.2, 0.25) is 10.0 Å². The van der Waals surface area contributed by atoms with Gasteiger partial charge in [0.1, 0.15) is 6.04 Å². The maximum atomic E-state index is 13.3. The second kappa shape index (κ2) is 13.7. The molecule has 2 rings (SSSR count). The normalized spacial score (nSPS) is 12.1. The standard InChI is InChI=1S/C25H33Cl2N3O4S/c1-4-5-14-28-25(32)19(2)29(18-20-9-6-10-21(26)16-20)24(31)13-8-15-30(35(3,33)34)23-12-7-11-22(27)17-23/h6-7,9-12,16-17,19H,4-5,8,13-15,18H2,1-3H3,(H,28,32)/t19-/m0/s1. The molecular weight excluding hydrogens is 509 g/mol. The summed E-state index contributed by atoms with van der Waals surface area (Å²) in [4.78, 5) is 27.5. The molecule has 0 aliphatic rings. The molecule has 0 aliphatic carbocycles. The highest BCUT2D eigenvalue weighted by molar-refractivity contribution is 7.92. The van der Waals surface area contributed by atoms with Gasteiger partial charge < -0.3 is 10.2 Å². The number of nitrogens with zero attached hydrogens (tertiary/aromatic N) is 2. The number of hydrogen-bond donors (Lipinski definition) is 1. The van der Waals surface area contributed by atoms with E-state index in [4.69, 9.17) is 23.2 Å². The van der Waals surface area contributed by atoms with Crippen LogP contribution in [0.3, 0.4) is 0 Å². The molecule has 35 heavy (non-hydrogen) atoms. The Labute approximate surface area is 218 Å². The van der Waals surface area contributed by atoms with Crippen molar-refractivity contribution in [2.24, 2.45) is 0 Å². The Hall–Kier alpha value is -2.29. The molecule has 0 bridgehead atoms. The van der Waals surface area contributed by atoms with E-state index in [2.05, 4.69) is 5.32 Å². The molecule has 0 saturated carbocycles. The lowest BCUT2D eigenvalue weighted by Crippen LogP contribution is -2.48. The second-order valence-corrected chi connectivity index (χ2v) is 11.2. The van der Waals surface area contributed by atoms with Crippen molar-refractivity contribution in [2.45, 2.75) is 52.1 Å². The number of benzene rings is 2. The highest BCUT2D eigenvalue weighted by atomic mass is 35.5. The van der Waals surface area contributed by atoms with Crippen molar-refractivity contribution in [2.75, 3.05) is 23.7 Å². The van der Waals surface area contributed by atoms with Gasteiger partial charge in [-0.15, -0.1) is 0 Å². The Morgan fingerprint density at radius 2 is 1.69 bits per heavy atom. The number of nitrogens with one attached hydrogen (secondary N) is 1. The summed E-state index contributed by atoms with van der Waals surface area (Å²) in [5.41, 5.74) is 1.24. The van der Waals surface area contributed by atoms with Crippen molar-refractivity contribution in [1.29, 1.82) is 0 Å². The van der Waals surface area contributed by atoms with Crippen LogP contribution in [0.15, 0.2) is 48.5 Å². The van der Waals surface area contributed by atoms with E-state index in [1.54, 1.807) is 49.4 Å². The fourth-order valence-corrected chi connectivity index (χ4v) is 4.94. The fraction of sp³-hybridized carbons (Fsp3) is 0.440. The topological polar surface area (TPSA) is 86.8 Å². The van der Waals surface area contributed by atoms with Gasteiger partial charge in [-0.05, 0) is 55.7 Å². The van der Waals surface area contributed by atoms with Crippen LogP contribution in [0.5, 0.6) is 0 Å². The number of carbonyl (C=O) groups is 2. The molecule has 0 unspecified atom stereocenters. The number of amides is 2. The monoisotopic (exact) mass is 541 g/mol. The largest absolute Gasteiger partial charge is 0.354 e. The van der Waals surface area contributed by atoms with Gasteiger partial charge in [-0.3, -0.25) is 13.9 Å². The average Bonchev–Trinajstić information content (AvgIpc) is 2.79. The summed E-state index contributed by atoms with van der Waals surface area (Å²) in [6.45, 7) is 4.59. The maximum absolute atomic E-state index is 13.3. The predicted octanol–water partition coefficient (Wildman–Crippen LogP) is 4.87. The van der Waals surface area contributed by atoms with Crippen molar-refractivity contribution in [1.82, 2.24) is 10.2 Å². The highest BCUT2D eigenvalue weighted by Crippen LogP contribution is 2.23. The van der Waals surface area contributed by atoms with Gasteiger partial charge in [0.25, 0.3) is 0 Å². The molecule has 0 fully saturated rings. The smallest absolute Gasteiger partial charge is 0.242 e. The average molecular weight is 543 g/mol. The first-order chi connectivity index (χ1) is 16.5. The van der Waals surface area contributed by atoms with E-state index >= 15 is 0 Å². The van der Waals surface area contributed by atoms with Crippen LogP contribution < -0.4 is 9.62 Å². The third-order valence-corrected chi connectivity index (χ3v) is 7.15. The van der Waals surface area contributed by atoms with Gasteiger partial charge in [0, 0.05) is 36.1 Å². The molecule has 2 aromatic rings. The van der Waals surface area contributed by atoms with Crippen molar-refractivity contribution in [3.05, 3.63) is 64.1 Å². The third kappa shape index (κ3) is 9.35. The van der Waals surface area contributed by atoms with Crippen LogP contribution in [0, 0.1) is 0 Å². The van der Waals surface area contributed by atoms with E-state index in [-0.39, 0.29) is 37.7 Å². The summed E-state index contributed by atoms with van der Waals surface area (Å²) in [5, 5.41) is 3.84. The zero-order chi connectivity index (χ0) is 26.0. The quantitative estimate of drug-likeness (QED) is 0.366. The number of rotatable bonds is 13. The number of halogens is 2. The van der Waals surface area contributed by atoms with Crippen LogP contribution in [0.1, 0.15) is 45.1 Å². The zero-order valence-corrected chi connectivity index (χ0v) is 22.7. The zero-order valence-electron chi connectivity index (χ0n) is 20.3. The minimum Gasteiger partial charge on any atom is -0.354 e. The van der Waals surface area contributed by atoms with Crippen LogP contribution in [0.4, 0.5) is 5.69 Å². The molecule has 192 valence electrons. The van der Waals surface area contributed by atoms with Gasteiger partial charge >= 0.3 is 0 Å². The SMILES string of the molecule is CCCCNC(=O)[C@H](C)N(Cc1cccc(Cl)c1)C(=O)CCCN(c1cccc(Cl)c1)S(C)(=O)=O. The van der Waals surface area contributed by atoms with Gasteiger partial charge in [0.2, 0.25) is 21.8 Å². The lowest BCUT2D eigenvalue weighted by atomic mass is 10.1. The Morgan fingerprint density at radius 1 is 1.03 bits per heavy atom. The second-order valence-electron chi connectivity index (χ2n) is 8.39. The first-order valence-electron chi connectivity index (χ1n) is 11.6. The number of carbonyl (C=O) groups excluding carboxylic acids is 2. The number of sulfonamides is 1. The minimum atomic E-state index is -3.58. The molecule has 2 amide bonds. The van der Waals surface area contributed by atoms with Gasteiger partial charge in [0.15, 0.2) is 0 Å². The van der Waals surface area contributed by atoms with Crippen LogP contribution in [0.25, 0.3) is 0 Å². The molecule has 0 radical (unpaired) electrons. The number of unbranched alkanes of at least 4 members (excludes halogenated alkanes) is 1. The number of hydrogen-bond acceptors (Lipinski definition) is 4. The van der Waals surface area contributed by atoms with Crippen molar-refractivity contribution >= 4 is 50.7 Å². The van der Waals surface area contributed by atoms with Crippen molar-refractivity contribution in [3.63, 3.8) is 0 Å². The minimum absolute atomic E-state index is 0.0692. The van der Waals surface area contributed by atoms with Crippen LogP contribution in [-0.4, -0.2) is 50.5 Å². The maximum Gasteiger partial charge on any atom is 0.242 e.